The molecule has 0 radical (unpaired) electrons. The Kier molecular flexibility index (Phi) is 15.1. The zero-order valence-electron chi connectivity index (χ0n) is 39.2. The molecular formula is C58H76O6. The Morgan fingerprint density at radius 1 is 0.562 bits per heavy atom. The minimum absolute atomic E-state index is 0.0747. The van der Waals surface area contributed by atoms with Crippen molar-refractivity contribution < 1.29 is 28.4 Å². The Morgan fingerprint density at radius 3 is 1.69 bits per heavy atom. The van der Waals surface area contributed by atoms with Crippen LogP contribution in [-0.2, 0) is 54.8 Å². The molecule has 1 heterocycles. The van der Waals surface area contributed by atoms with Gasteiger partial charge in [-0.05, 0) is 133 Å². The molecule has 4 aromatic rings. The summed E-state index contributed by atoms with van der Waals surface area (Å²) in [4.78, 5) is 0. The maximum absolute atomic E-state index is 7.36. The van der Waals surface area contributed by atoms with Gasteiger partial charge in [-0.1, -0.05) is 155 Å². The zero-order chi connectivity index (χ0) is 43.9. The molecule has 0 aromatic heterocycles. The maximum atomic E-state index is 7.36. The van der Waals surface area contributed by atoms with Gasteiger partial charge in [-0.3, -0.25) is 0 Å². The van der Waals surface area contributed by atoms with Gasteiger partial charge in [-0.2, -0.15) is 0 Å². The highest BCUT2D eigenvalue weighted by atomic mass is 16.7. The van der Waals surface area contributed by atoms with Gasteiger partial charge in [-0.15, -0.1) is 0 Å². The molecule has 0 bridgehead atoms. The number of rotatable bonds is 18. The molecule has 344 valence electrons. The normalized spacial score (nSPS) is 34.8. The second kappa shape index (κ2) is 21.1. The monoisotopic (exact) mass is 869 g/mol. The maximum Gasteiger partial charge on any atom is 0.187 e. The summed E-state index contributed by atoms with van der Waals surface area (Å²) >= 11 is 0. The van der Waals surface area contributed by atoms with Crippen LogP contribution in [0, 0.1) is 46.3 Å². The van der Waals surface area contributed by atoms with Crippen LogP contribution in [-0.4, -0.2) is 43.4 Å². The molecule has 1 saturated heterocycles. The minimum atomic E-state index is -0.659. The molecule has 64 heavy (non-hydrogen) atoms. The second-order valence-corrected chi connectivity index (χ2v) is 21.3. The molecule has 9 rings (SSSR count). The third-order valence-electron chi connectivity index (χ3n) is 17.1. The van der Waals surface area contributed by atoms with Crippen LogP contribution < -0.4 is 0 Å². The third kappa shape index (κ3) is 10.4. The van der Waals surface area contributed by atoms with E-state index in [1.807, 2.05) is 24.3 Å². The van der Waals surface area contributed by atoms with Gasteiger partial charge in [0, 0.05) is 0 Å². The summed E-state index contributed by atoms with van der Waals surface area (Å²) in [6.07, 6.45) is 12.0. The topological polar surface area (TPSA) is 55.4 Å². The van der Waals surface area contributed by atoms with Crippen molar-refractivity contribution in [3.8, 4) is 0 Å². The molecule has 5 aliphatic rings. The molecular weight excluding hydrogens is 793 g/mol. The first-order chi connectivity index (χ1) is 31.3. The summed E-state index contributed by atoms with van der Waals surface area (Å²) in [5.41, 5.74) is 5.31. The van der Waals surface area contributed by atoms with Gasteiger partial charge >= 0.3 is 0 Å². The second-order valence-electron chi connectivity index (χ2n) is 21.3. The van der Waals surface area contributed by atoms with E-state index in [1.165, 1.54) is 57.8 Å². The average molecular weight is 869 g/mol. The first kappa shape index (κ1) is 45.8. The van der Waals surface area contributed by atoms with E-state index in [1.54, 1.807) is 0 Å². The predicted octanol–water partition coefficient (Wildman–Crippen LogP) is 13.2. The van der Waals surface area contributed by atoms with Crippen LogP contribution >= 0.6 is 0 Å². The Hall–Kier alpha value is -3.36. The van der Waals surface area contributed by atoms with Gasteiger partial charge in [0.2, 0.25) is 0 Å². The summed E-state index contributed by atoms with van der Waals surface area (Å²) < 4.78 is 42.1. The summed E-state index contributed by atoms with van der Waals surface area (Å²) in [6, 6.07) is 41.5. The van der Waals surface area contributed by atoms with Gasteiger partial charge in [0.1, 0.15) is 24.4 Å². The van der Waals surface area contributed by atoms with Crippen molar-refractivity contribution in [3.05, 3.63) is 144 Å². The largest absolute Gasteiger partial charge is 0.374 e. The molecule has 0 spiro atoms. The molecule has 5 fully saturated rings. The van der Waals surface area contributed by atoms with Crippen LogP contribution in [0.25, 0.3) is 0 Å². The molecule has 13 atom stereocenters. The van der Waals surface area contributed by atoms with Crippen molar-refractivity contribution in [1.82, 2.24) is 0 Å². The van der Waals surface area contributed by atoms with Crippen molar-refractivity contribution in [2.24, 2.45) is 46.3 Å². The van der Waals surface area contributed by atoms with Crippen molar-refractivity contribution in [3.63, 3.8) is 0 Å². The van der Waals surface area contributed by atoms with Crippen LogP contribution in [0.1, 0.15) is 121 Å². The van der Waals surface area contributed by atoms with Crippen LogP contribution in [0.2, 0.25) is 0 Å². The molecule has 4 aromatic carbocycles. The Balaban J connectivity index is 0.963. The van der Waals surface area contributed by atoms with Gasteiger partial charge in [0.15, 0.2) is 6.29 Å². The molecule has 0 amide bonds. The Morgan fingerprint density at radius 2 is 1.09 bits per heavy atom. The Labute approximate surface area is 385 Å². The van der Waals surface area contributed by atoms with Crippen molar-refractivity contribution in [1.29, 1.82) is 0 Å². The highest BCUT2D eigenvalue weighted by molar-refractivity contribution is 5.17. The quantitative estimate of drug-likeness (QED) is 0.0929. The van der Waals surface area contributed by atoms with E-state index in [4.69, 9.17) is 28.4 Å². The number of hydrogen-bond acceptors (Lipinski definition) is 6. The fourth-order valence-electron chi connectivity index (χ4n) is 13.5. The molecule has 6 nitrogen and oxygen atoms in total. The van der Waals surface area contributed by atoms with Gasteiger partial charge < -0.3 is 28.4 Å². The summed E-state index contributed by atoms with van der Waals surface area (Å²) in [7, 11) is 0. The van der Waals surface area contributed by atoms with Crippen LogP contribution in [0.4, 0.5) is 0 Å². The van der Waals surface area contributed by atoms with Gasteiger partial charge in [-0.25, -0.2) is 0 Å². The standard InChI is InChI=1S/C58H76O6/c1-41(2)25-26-46-28-30-50-49-29-27-47-35-48(31-33-58(47,4)51(49)32-34-57(46,50)3)63-56-55(62-39-45-23-15-8-16-24-45)54(61-38-44-21-13-7-14-22-44)53(60-37-43-19-11-6-12-20-43)52(64-56)40-59-36-42-17-9-5-10-18-42/h5-24,41,46-56H,25-40H2,1-4H3/t46-,47?,48-,49-,50-,51-,52+,53+,54-,55+,56+,57+,58-/m0/s1. The SMILES string of the molecule is CC(C)CC[C@H]1CC[C@H]2[C@@H]3CCC4C[C@@H](O[C@@H]5O[C@H](COCc6ccccc6)[C@@H](OCc6ccccc6)[C@H](OCc6ccccc6)[C@H]5OCc5ccccc5)CC[C@]4(C)[C@H]3CC[C@]12C. The predicted molar refractivity (Wildman–Crippen MR) is 254 cm³/mol. The van der Waals surface area contributed by atoms with Gasteiger partial charge in [0.05, 0.1) is 39.1 Å². The summed E-state index contributed by atoms with van der Waals surface area (Å²) in [6.45, 7) is 12.2. The van der Waals surface area contributed by atoms with Crippen LogP contribution in [0.15, 0.2) is 121 Å². The molecule has 4 aliphatic carbocycles. The zero-order valence-corrected chi connectivity index (χ0v) is 39.2. The van der Waals surface area contributed by atoms with E-state index in [-0.39, 0.29) is 6.10 Å². The minimum Gasteiger partial charge on any atom is -0.374 e. The fourth-order valence-corrected chi connectivity index (χ4v) is 13.5. The van der Waals surface area contributed by atoms with E-state index in [9.17, 15) is 0 Å². The first-order valence-corrected chi connectivity index (χ1v) is 25.2. The van der Waals surface area contributed by atoms with Crippen molar-refractivity contribution in [2.75, 3.05) is 6.61 Å². The lowest BCUT2D eigenvalue weighted by Gasteiger charge is -2.61. The highest BCUT2D eigenvalue weighted by Crippen LogP contribution is 2.68. The fraction of sp³-hybridized carbons (Fsp3) is 0.586. The molecule has 1 aliphatic heterocycles. The van der Waals surface area contributed by atoms with Crippen molar-refractivity contribution >= 4 is 0 Å². The van der Waals surface area contributed by atoms with Crippen LogP contribution in [0.3, 0.4) is 0 Å². The average Bonchev–Trinajstić information content (AvgIpc) is 3.67. The first-order valence-electron chi connectivity index (χ1n) is 25.2. The van der Waals surface area contributed by atoms with Crippen LogP contribution in [0.5, 0.6) is 0 Å². The van der Waals surface area contributed by atoms with E-state index < -0.39 is 30.7 Å². The molecule has 4 saturated carbocycles. The number of hydrogen-bond donors (Lipinski definition) is 0. The number of fused-ring (bicyclic) bond motifs is 5. The Bertz CT molecular complexity index is 1990. The number of ether oxygens (including phenoxy) is 6. The van der Waals surface area contributed by atoms with Gasteiger partial charge in [0.25, 0.3) is 0 Å². The lowest BCUT2D eigenvalue weighted by molar-refractivity contribution is -0.340. The highest BCUT2D eigenvalue weighted by Gasteiger charge is 2.60. The lowest BCUT2D eigenvalue weighted by Crippen LogP contribution is -2.62. The lowest BCUT2D eigenvalue weighted by atomic mass is 9.44. The molecule has 0 N–H and O–H groups in total. The van der Waals surface area contributed by atoms with E-state index >= 15 is 0 Å². The van der Waals surface area contributed by atoms with E-state index in [0.29, 0.717) is 49.8 Å². The van der Waals surface area contributed by atoms with Crippen molar-refractivity contribution in [2.45, 2.75) is 162 Å². The summed E-state index contributed by atoms with van der Waals surface area (Å²) in [5, 5.41) is 0. The third-order valence-corrected chi connectivity index (χ3v) is 17.1. The van der Waals surface area contributed by atoms with E-state index in [2.05, 4.69) is 125 Å². The molecule has 6 heteroatoms. The van der Waals surface area contributed by atoms with E-state index in [0.717, 1.165) is 64.7 Å². The molecule has 1 unspecified atom stereocenters. The number of benzene rings is 4. The smallest absolute Gasteiger partial charge is 0.187 e. The summed E-state index contributed by atoms with van der Waals surface area (Å²) in [5.74, 6) is 4.98.